The van der Waals surface area contributed by atoms with Crippen molar-refractivity contribution < 1.29 is 0 Å². The third-order valence-corrected chi connectivity index (χ3v) is 22.7. The second-order valence-electron chi connectivity index (χ2n) is 28.5. The molecule has 24 rings (SSSR count). The predicted octanol–water partition coefficient (Wildman–Crippen LogP) is 27.7. The second-order valence-corrected chi connectivity index (χ2v) is 28.9. The monoisotopic (exact) mass is 1410 g/mol. The van der Waals surface area contributed by atoms with E-state index in [1.165, 1.54) is 182 Å². The first kappa shape index (κ1) is 62.2. The zero-order chi connectivity index (χ0) is 71.8. The summed E-state index contributed by atoms with van der Waals surface area (Å²) in [7, 11) is 0. The van der Waals surface area contributed by atoms with E-state index >= 15 is 0 Å². The molecule has 2 aliphatic rings. The van der Waals surface area contributed by atoms with E-state index in [1.807, 2.05) is 18.2 Å². The summed E-state index contributed by atoms with van der Waals surface area (Å²) in [5, 5.41) is 13.0. The fraction of sp³-hybridized carbons (Fsp3) is 0. The Hall–Kier alpha value is -14.2. The molecule has 0 aliphatic heterocycles. The minimum absolute atomic E-state index is 0.557. The first-order valence-corrected chi connectivity index (χ1v) is 37.5. The SMILES string of the molecule is Clc1cc2c3c(cccc3n1)-c1ccccc1-2.c1ccc(-c2ccc(-n3c4ccccc4c4cc(-c5ccc6[nH]c7ccccc7c6c5)ccc43)cc2)cc1.c1ccc(-c2ccc(-n3c4ccccc4c4cc(-c5ccc6c(c5)c5ccccc5n6-c5cc6c7c(cccc7n5)-c5ccccc5-6)ccc43)cc2)cc1. The van der Waals surface area contributed by atoms with Crippen LogP contribution in [0.15, 0.2) is 376 Å². The highest BCUT2D eigenvalue weighted by molar-refractivity contribution is 6.31. The van der Waals surface area contributed by atoms with E-state index in [1.54, 1.807) is 0 Å². The van der Waals surface area contributed by atoms with Gasteiger partial charge >= 0.3 is 0 Å². The van der Waals surface area contributed by atoms with Gasteiger partial charge in [-0.05, 0) is 210 Å². The van der Waals surface area contributed by atoms with Crippen molar-refractivity contribution in [3.63, 3.8) is 0 Å². The van der Waals surface area contributed by atoms with Crippen LogP contribution in [0, 0.1) is 0 Å². The standard InChI is InChI=1S/C51H31N3.C36H24N2.C15H8ClN/c1-2-11-32(12-3-1)33-21-25-36(26-22-33)53-46-19-8-6-15-39(46)42-29-34(23-27-48(42)53)35-24-28-49-43(30-35)40-16-7-9-20-47(40)54(49)50-31-44-38-14-5-4-13-37(38)41-17-10-18-45(52-50)51(41)44;1-2-8-24(9-3-1)25-14-18-28(19-15-25)38-35-13-7-5-11-30(35)32-23-27(17-21-36(32)38)26-16-20-34-31(22-26)29-10-4-6-12-33(29)37-34;16-14-8-12-10-5-2-1-4-9(10)11-6-3-7-13(17-14)15(11)12/h1-31H;1-23,37H;1-8H. The minimum atomic E-state index is 0.557. The molecule has 2 aliphatic carbocycles. The normalized spacial score (nSPS) is 11.9. The number of hydrogen-bond donors (Lipinski definition) is 1. The lowest BCUT2D eigenvalue weighted by atomic mass is 10.0. The smallest absolute Gasteiger partial charge is 0.138 e. The molecule has 0 fully saturated rings. The summed E-state index contributed by atoms with van der Waals surface area (Å²) in [6, 6.07) is 135. The maximum atomic E-state index is 6.08. The highest BCUT2D eigenvalue weighted by Crippen LogP contribution is 2.50. The second kappa shape index (κ2) is 25.0. The minimum Gasteiger partial charge on any atom is -0.355 e. The Morgan fingerprint density at radius 3 is 1.05 bits per heavy atom. The molecular weight excluding hydrogens is 1340 g/mol. The van der Waals surface area contributed by atoms with Gasteiger partial charge in [0.1, 0.15) is 11.0 Å². The molecule has 508 valence electrons. The van der Waals surface area contributed by atoms with Gasteiger partial charge in [0.15, 0.2) is 0 Å². The van der Waals surface area contributed by atoms with Crippen LogP contribution in [0.4, 0.5) is 0 Å². The van der Waals surface area contributed by atoms with E-state index in [2.05, 4.69) is 382 Å². The number of H-pyrrole nitrogens is 1. The van der Waals surface area contributed by atoms with E-state index in [0.717, 1.165) is 33.6 Å². The molecule has 6 nitrogen and oxygen atoms in total. The van der Waals surface area contributed by atoms with Crippen molar-refractivity contribution in [1.29, 1.82) is 0 Å². The van der Waals surface area contributed by atoms with Gasteiger partial charge in [0.25, 0.3) is 0 Å². The van der Waals surface area contributed by atoms with Crippen LogP contribution in [0.3, 0.4) is 0 Å². The zero-order valence-corrected chi connectivity index (χ0v) is 59.7. The van der Waals surface area contributed by atoms with Crippen LogP contribution in [0.2, 0.25) is 5.15 Å². The maximum Gasteiger partial charge on any atom is 0.138 e. The maximum absolute atomic E-state index is 6.08. The molecule has 22 aromatic rings. The van der Waals surface area contributed by atoms with Gasteiger partial charge < -0.3 is 14.1 Å². The third kappa shape index (κ3) is 10.1. The number of rotatable bonds is 7. The Balaban J connectivity index is 0.000000115. The fourth-order valence-electron chi connectivity index (χ4n) is 17.6. The van der Waals surface area contributed by atoms with Gasteiger partial charge in [0.2, 0.25) is 0 Å². The molecule has 16 aromatic carbocycles. The molecule has 0 saturated heterocycles. The van der Waals surface area contributed by atoms with Crippen molar-refractivity contribution in [3.8, 4) is 106 Å². The zero-order valence-electron chi connectivity index (χ0n) is 58.9. The number of nitrogens with zero attached hydrogens (tertiary/aromatic N) is 5. The van der Waals surface area contributed by atoms with Gasteiger partial charge in [-0.25, -0.2) is 9.97 Å². The first-order chi connectivity index (χ1) is 54.0. The number of aromatic amines is 1. The van der Waals surface area contributed by atoms with Gasteiger partial charge in [0.05, 0.1) is 44.1 Å². The van der Waals surface area contributed by atoms with Crippen LogP contribution in [0.25, 0.3) is 215 Å². The molecule has 0 atom stereocenters. The molecule has 0 bridgehead atoms. The molecule has 0 amide bonds. The van der Waals surface area contributed by atoms with Crippen LogP contribution in [-0.2, 0) is 0 Å². The van der Waals surface area contributed by atoms with Gasteiger partial charge in [-0.15, -0.1) is 0 Å². The first-order valence-electron chi connectivity index (χ1n) is 37.1. The van der Waals surface area contributed by atoms with Crippen LogP contribution >= 0.6 is 11.6 Å². The Kier molecular flexibility index (Phi) is 14.3. The Bertz CT molecular complexity index is 7470. The van der Waals surface area contributed by atoms with Crippen molar-refractivity contribution in [2.75, 3.05) is 0 Å². The number of aromatic nitrogens is 6. The number of benzene rings is 16. The summed E-state index contributed by atoms with van der Waals surface area (Å²) < 4.78 is 7.12. The number of hydrogen-bond acceptors (Lipinski definition) is 2. The molecule has 0 radical (unpaired) electrons. The van der Waals surface area contributed by atoms with E-state index in [0.29, 0.717) is 5.15 Å². The van der Waals surface area contributed by atoms with Gasteiger partial charge in [-0.2, -0.15) is 0 Å². The molecule has 0 unspecified atom stereocenters. The quantitative estimate of drug-likeness (QED) is 0.162. The van der Waals surface area contributed by atoms with Crippen molar-refractivity contribution >= 4 is 121 Å². The van der Waals surface area contributed by atoms with Gasteiger partial charge in [-0.3, -0.25) is 4.57 Å². The predicted molar refractivity (Wildman–Crippen MR) is 458 cm³/mol. The number of fused-ring (bicyclic) bond motifs is 18. The Morgan fingerprint density at radius 2 is 0.550 bits per heavy atom. The van der Waals surface area contributed by atoms with Crippen molar-refractivity contribution in [2.45, 2.75) is 0 Å². The number of pyridine rings is 2. The van der Waals surface area contributed by atoms with Crippen LogP contribution < -0.4 is 0 Å². The molecule has 6 heterocycles. The van der Waals surface area contributed by atoms with Gasteiger partial charge in [0, 0.05) is 76.3 Å². The highest BCUT2D eigenvalue weighted by atomic mass is 35.5. The third-order valence-electron chi connectivity index (χ3n) is 22.5. The number of para-hydroxylation sites is 4. The summed E-state index contributed by atoms with van der Waals surface area (Å²) in [4.78, 5) is 13.2. The average Bonchev–Trinajstić information content (AvgIpc) is 1.56. The van der Waals surface area contributed by atoms with Crippen LogP contribution in [0.5, 0.6) is 0 Å². The lowest BCUT2D eigenvalue weighted by Crippen LogP contribution is -1.98. The summed E-state index contributed by atoms with van der Waals surface area (Å²) in [6.45, 7) is 0. The summed E-state index contributed by atoms with van der Waals surface area (Å²) in [6.07, 6.45) is 0. The molecular formula is C102H63ClN6. The molecule has 0 saturated carbocycles. The lowest BCUT2D eigenvalue weighted by Gasteiger charge is -2.11. The van der Waals surface area contributed by atoms with E-state index < -0.39 is 0 Å². The van der Waals surface area contributed by atoms with Crippen LogP contribution in [-0.4, -0.2) is 28.7 Å². The number of halogens is 1. The highest BCUT2D eigenvalue weighted by Gasteiger charge is 2.26. The summed E-state index contributed by atoms with van der Waals surface area (Å²) in [5.74, 6) is 0.941. The molecule has 7 heteroatoms. The largest absolute Gasteiger partial charge is 0.355 e. The average molecular weight is 1410 g/mol. The van der Waals surface area contributed by atoms with Crippen molar-refractivity contribution in [1.82, 2.24) is 28.7 Å². The van der Waals surface area contributed by atoms with E-state index in [-0.39, 0.29) is 0 Å². The number of nitrogens with one attached hydrogen (secondary N) is 1. The molecule has 1 N–H and O–H groups in total. The Morgan fingerprint density at radius 1 is 0.211 bits per heavy atom. The van der Waals surface area contributed by atoms with Crippen LogP contribution in [0.1, 0.15) is 0 Å². The van der Waals surface area contributed by atoms with E-state index in [4.69, 9.17) is 16.6 Å². The lowest BCUT2D eigenvalue weighted by molar-refractivity contribution is 1.10. The summed E-state index contributed by atoms with van der Waals surface area (Å²) in [5.41, 5.74) is 33.6. The molecule has 0 spiro atoms. The summed E-state index contributed by atoms with van der Waals surface area (Å²) >= 11 is 6.08. The van der Waals surface area contributed by atoms with Gasteiger partial charge in [-0.1, -0.05) is 266 Å². The molecule has 109 heavy (non-hydrogen) atoms. The fourth-order valence-corrected chi connectivity index (χ4v) is 17.8. The topological polar surface area (TPSA) is 56.4 Å². The van der Waals surface area contributed by atoms with Crippen molar-refractivity contribution in [3.05, 3.63) is 381 Å². The van der Waals surface area contributed by atoms with E-state index in [9.17, 15) is 0 Å². The molecule has 6 aromatic heterocycles. The van der Waals surface area contributed by atoms with Crippen molar-refractivity contribution in [2.24, 2.45) is 0 Å². The Labute approximate surface area is 632 Å².